The van der Waals surface area contributed by atoms with E-state index in [0.29, 0.717) is 5.56 Å². The van der Waals surface area contributed by atoms with Crippen LogP contribution < -0.4 is 10.6 Å². The van der Waals surface area contributed by atoms with Gasteiger partial charge in [0.2, 0.25) is 0 Å². The summed E-state index contributed by atoms with van der Waals surface area (Å²) in [5.74, 6) is -0.566. The molecule has 2 aromatic rings. The number of carbonyl (C=O) groups excluding carboxylic acids is 1. The monoisotopic (exact) mass is 378 g/mol. The highest BCUT2D eigenvalue weighted by Crippen LogP contribution is 2.37. The van der Waals surface area contributed by atoms with E-state index in [1.165, 1.54) is 42.5 Å². The van der Waals surface area contributed by atoms with Gasteiger partial charge in [0.1, 0.15) is 5.82 Å². The molecule has 0 atom stereocenters. The summed E-state index contributed by atoms with van der Waals surface area (Å²) in [4.78, 5) is 11.7. The molecule has 0 saturated heterocycles. The molecular weight excluding hydrogens is 368 g/mol. The van der Waals surface area contributed by atoms with Crippen molar-refractivity contribution in [1.82, 2.24) is 5.32 Å². The summed E-state index contributed by atoms with van der Waals surface area (Å²) >= 11 is 5.36. The van der Waals surface area contributed by atoms with E-state index in [-0.39, 0.29) is 33.9 Å². The molecule has 9 heteroatoms. The first-order valence-electron chi connectivity index (χ1n) is 6.57. The van der Waals surface area contributed by atoms with Crippen molar-refractivity contribution in [3.63, 3.8) is 0 Å². The average molecular weight is 379 g/mol. The van der Waals surface area contributed by atoms with E-state index < -0.39 is 17.4 Å². The lowest BCUT2D eigenvalue weighted by Crippen LogP contribution is -2.28. The van der Waals surface area contributed by atoms with Crippen LogP contribution >= 0.6 is 23.4 Å². The number of thioether (sulfide) groups is 1. The normalized spacial score (nSPS) is 11.2. The number of rotatable bonds is 4. The van der Waals surface area contributed by atoms with Crippen LogP contribution in [-0.4, -0.2) is 11.5 Å². The molecule has 0 radical (unpaired) electrons. The van der Waals surface area contributed by atoms with Crippen molar-refractivity contribution in [1.29, 1.82) is 0 Å². The maximum Gasteiger partial charge on any atom is 0.446 e. The third-order valence-electron chi connectivity index (χ3n) is 2.76. The Labute approximate surface area is 144 Å². The highest BCUT2D eigenvalue weighted by molar-refractivity contribution is 8.00. The quantitative estimate of drug-likeness (QED) is 0.551. The van der Waals surface area contributed by atoms with E-state index >= 15 is 0 Å². The third-order valence-corrected chi connectivity index (χ3v) is 3.77. The van der Waals surface area contributed by atoms with Crippen LogP contribution in [0.3, 0.4) is 0 Å². The maximum atomic E-state index is 13.0. The van der Waals surface area contributed by atoms with Crippen molar-refractivity contribution < 1.29 is 22.4 Å². The zero-order valence-corrected chi connectivity index (χ0v) is 13.5. The smallest absolute Gasteiger partial charge is 0.334 e. The molecule has 0 saturated carbocycles. The van der Waals surface area contributed by atoms with E-state index in [9.17, 15) is 22.4 Å². The van der Waals surface area contributed by atoms with Crippen molar-refractivity contribution in [2.24, 2.45) is 0 Å². The van der Waals surface area contributed by atoms with E-state index in [1.54, 1.807) is 0 Å². The van der Waals surface area contributed by atoms with Crippen molar-refractivity contribution in [3.8, 4) is 0 Å². The summed E-state index contributed by atoms with van der Waals surface area (Å²) in [6, 6.07) is 8.78. The Bertz CT molecular complexity index is 740. The summed E-state index contributed by atoms with van der Waals surface area (Å²) in [5, 5.41) is 4.86. The number of amides is 2. The Morgan fingerprint density at radius 1 is 1.17 bits per heavy atom. The van der Waals surface area contributed by atoms with Gasteiger partial charge >= 0.3 is 11.5 Å². The van der Waals surface area contributed by atoms with Crippen LogP contribution in [0.15, 0.2) is 47.4 Å². The molecule has 0 unspecified atom stereocenters. The molecule has 0 aromatic heterocycles. The first kappa shape index (κ1) is 18.4. The van der Waals surface area contributed by atoms with Gasteiger partial charge in [-0.1, -0.05) is 23.7 Å². The van der Waals surface area contributed by atoms with E-state index in [4.69, 9.17) is 11.6 Å². The second kappa shape index (κ2) is 7.76. The number of anilines is 1. The molecule has 0 fully saturated rings. The highest BCUT2D eigenvalue weighted by Gasteiger charge is 2.29. The predicted octanol–water partition coefficient (Wildman–Crippen LogP) is 5.41. The maximum absolute atomic E-state index is 13.0. The fourth-order valence-corrected chi connectivity index (χ4v) is 2.58. The van der Waals surface area contributed by atoms with Crippen LogP contribution in [-0.2, 0) is 6.54 Å². The van der Waals surface area contributed by atoms with Gasteiger partial charge in [0.15, 0.2) is 0 Å². The third kappa shape index (κ3) is 5.93. The number of halogens is 5. The molecule has 2 rings (SSSR count). The molecule has 0 aliphatic heterocycles. The lowest BCUT2D eigenvalue weighted by Gasteiger charge is -2.10. The second-order valence-corrected chi connectivity index (χ2v) is 6.18. The van der Waals surface area contributed by atoms with Crippen molar-refractivity contribution in [2.45, 2.75) is 16.9 Å². The van der Waals surface area contributed by atoms with Crippen molar-refractivity contribution in [2.75, 3.05) is 5.32 Å². The molecule has 0 spiro atoms. The van der Waals surface area contributed by atoms with E-state index in [0.717, 1.165) is 0 Å². The average Bonchev–Trinajstić information content (AvgIpc) is 2.47. The summed E-state index contributed by atoms with van der Waals surface area (Å²) in [5.41, 5.74) is -3.60. The van der Waals surface area contributed by atoms with Crippen LogP contribution in [0.25, 0.3) is 0 Å². The SMILES string of the molecule is O=C(NCc1ccc(F)c(Cl)c1)Nc1cccc(SC(F)(F)F)c1. The van der Waals surface area contributed by atoms with Gasteiger partial charge in [-0.15, -0.1) is 0 Å². The fraction of sp³-hybridized carbons (Fsp3) is 0.133. The first-order chi connectivity index (χ1) is 11.2. The Balaban J connectivity index is 1.92. The lowest BCUT2D eigenvalue weighted by molar-refractivity contribution is -0.0328. The Morgan fingerprint density at radius 3 is 2.58 bits per heavy atom. The lowest BCUT2D eigenvalue weighted by atomic mass is 10.2. The minimum absolute atomic E-state index is 0.0365. The van der Waals surface area contributed by atoms with Crippen LogP contribution in [0.4, 0.5) is 28.0 Å². The standard InChI is InChI=1S/C15H11ClF4N2OS/c16-12-6-9(4-5-13(12)17)8-21-14(23)22-10-2-1-3-11(7-10)24-15(18,19)20/h1-7H,8H2,(H2,21,22,23). The summed E-state index contributed by atoms with van der Waals surface area (Å²) in [6.45, 7) is 0.0861. The van der Waals surface area contributed by atoms with Gasteiger partial charge < -0.3 is 10.6 Å². The molecule has 0 heterocycles. The number of nitrogens with one attached hydrogen (secondary N) is 2. The van der Waals surface area contributed by atoms with Gasteiger partial charge in [-0.25, -0.2) is 9.18 Å². The van der Waals surface area contributed by atoms with Gasteiger partial charge in [0.25, 0.3) is 0 Å². The van der Waals surface area contributed by atoms with Gasteiger partial charge in [0, 0.05) is 17.1 Å². The van der Waals surface area contributed by atoms with Crippen molar-refractivity contribution >= 4 is 35.1 Å². The first-order valence-corrected chi connectivity index (χ1v) is 7.77. The number of carbonyl (C=O) groups is 1. The largest absolute Gasteiger partial charge is 0.446 e. The number of hydrogen-bond donors (Lipinski definition) is 2. The summed E-state index contributed by atoms with van der Waals surface area (Å²) in [6.07, 6.45) is 0. The molecule has 128 valence electrons. The topological polar surface area (TPSA) is 41.1 Å². The number of benzene rings is 2. The van der Waals surface area contributed by atoms with E-state index in [2.05, 4.69) is 10.6 Å². The molecular formula is C15H11ClF4N2OS. The van der Waals surface area contributed by atoms with Crippen LogP contribution in [0.2, 0.25) is 5.02 Å². The number of urea groups is 1. The highest BCUT2D eigenvalue weighted by atomic mass is 35.5. The number of hydrogen-bond acceptors (Lipinski definition) is 2. The minimum atomic E-state index is -4.40. The molecule has 2 N–H and O–H groups in total. The van der Waals surface area contributed by atoms with Gasteiger partial charge in [-0.2, -0.15) is 13.2 Å². The van der Waals surface area contributed by atoms with Gasteiger partial charge in [0.05, 0.1) is 5.02 Å². The fourth-order valence-electron chi connectivity index (χ4n) is 1.78. The summed E-state index contributed by atoms with van der Waals surface area (Å²) in [7, 11) is 0. The molecule has 2 amide bonds. The number of alkyl halides is 3. The minimum Gasteiger partial charge on any atom is -0.334 e. The molecule has 24 heavy (non-hydrogen) atoms. The van der Waals surface area contributed by atoms with Crippen molar-refractivity contribution in [3.05, 3.63) is 58.9 Å². The van der Waals surface area contributed by atoms with Crippen LogP contribution in [0.5, 0.6) is 0 Å². The zero-order valence-electron chi connectivity index (χ0n) is 12.0. The second-order valence-electron chi connectivity index (χ2n) is 4.63. The van der Waals surface area contributed by atoms with Crippen LogP contribution in [0, 0.1) is 5.82 Å². The van der Waals surface area contributed by atoms with E-state index in [1.807, 2.05) is 0 Å². The molecule has 0 aliphatic carbocycles. The molecule has 0 bridgehead atoms. The Morgan fingerprint density at radius 2 is 1.92 bits per heavy atom. The van der Waals surface area contributed by atoms with Gasteiger partial charge in [-0.05, 0) is 47.7 Å². The molecule has 0 aliphatic rings. The molecule has 2 aromatic carbocycles. The summed E-state index contributed by atoms with van der Waals surface area (Å²) < 4.78 is 50.0. The van der Waals surface area contributed by atoms with Gasteiger partial charge in [-0.3, -0.25) is 0 Å². The zero-order chi connectivity index (χ0) is 17.7. The molecule has 3 nitrogen and oxygen atoms in total. The predicted molar refractivity (Wildman–Crippen MR) is 85.6 cm³/mol. The van der Waals surface area contributed by atoms with Crippen LogP contribution in [0.1, 0.15) is 5.56 Å². The Hall–Kier alpha value is -1.93. The Kier molecular flexibility index (Phi) is 5.95.